The van der Waals surface area contributed by atoms with E-state index in [1.165, 1.54) is 0 Å². The van der Waals surface area contributed by atoms with Crippen molar-refractivity contribution in [1.82, 2.24) is 9.97 Å². The number of carbonyl (C=O) groups excluding carboxylic acids is 1. The summed E-state index contributed by atoms with van der Waals surface area (Å²) in [5.41, 5.74) is 2.73. The molecular weight excluding hydrogens is 326 g/mol. The summed E-state index contributed by atoms with van der Waals surface area (Å²) in [6, 6.07) is 15.4. The lowest BCUT2D eigenvalue weighted by Crippen LogP contribution is -2.46. The Morgan fingerprint density at radius 3 is 2.88 bits per heavy atom. The molecule has 0 atom stereocenters. The number of rotatable bonds is 4. The van der Waals surface area contributed by atoms with E-state index < -0.39 is 0 Å². The van der Waals surface area contributed by atoms with Crippen molar-refractivity contribution < 1.29 is 4.79 Å². The number of hydrogen-bond acceptors (Lipinski definition) is 5. The number of para-hydroxylation sites is 1. The van der Waals surface area contributed by atoms with Crippen LogP contribution in [0, 0.1) is 17.2 Å². The second kappa shape index (κ2) is 6.81. The number of fused-ring (bicyclic) bond motifs is 1. The van der Waals surface area contributed by atoms with E-state index in [1.54, 1.807) is 18.5 Å². The van der Waals surface area contributed by atoms with E-state index in [1.807, 2.05) is 36.4 Å². The van der Waals surface area contributed by atoms with Crippen molar-refractivity contribution in [2.75, 3.05) is 23.3 Å². The van der Waals surface area contributed by atoms with Crippen molar-refractivity contribution in [1.29, 1.82) is 5.26 Å². The molecule has 1 N–H and O–H groups in total. The molecule has 0 unspecified atom stereocenters. The summed E-state index contributed by atoms with van der Waals surface area (Å²) in [7, 11) is 0. The molecule has 3 heterocycles. The van der Waals surface area contributed by atoms with Crippen molar-refractivity contribution in [2.24, 2.45) is 5.92 Å². The number of anilines is 2. The van der Waals surface area contributed by atoms with Crippen molar-refractivity contribution in [2.45, 2.75) is 6.42 Å². The van der Waals surface area contributed by atoms with Gasteiger partial charge in [0, 0.05) is 48.9 Å². The van der Waals surface area contributed by atoms with Crippen molar-refractivity contribution in [3.05, 3.63) is 60.6 Å². The second-order valence-electron chi connectivity index (χ2n) is 6.37. The van der Waals surface area contributed by atoms with Crippen molar-refractivity contribution in [3.8, 4) is 6.07 Å². The third-order valence-corrected chi connectivity index (χ3v) is 4.56. The van der Waals surface area contributed by atoms with Gasteiger partial charge in [-0.2, -0.15) is 5.26 Å². The zero-order valence-corrected chi connectivity index (χ0v) is 14.1. The number of carbonyl (C=O) groups is 1. The van der Waals surface area contributed by atoms with Gasteiger partial charge in [-0.25, -0.2) is 0 Å². The number of aromatic nitrogens is 2. The molecule has 0 saturated carbocycles. The van der Waals surface area contributed by atoms with Gasteiger partial charge >= 0.3 is 0 Å². The Kier molecular flexibility index (Phi) is 4.20. The van der Waals surface area contributed by atoms with Crippen LogP contribution in [-0.2, 0) is 0 Å². The number of nitrogens with one attached hydrogen (secondary N) is 1. The highest BCUT2D eigenvalue weighted by Gasteiger charge is 2.27. The maximum atomic E-state index is 12.6. The number of benzene rings is 1. The highest BCUT2D eigenvalue weighted by Crippen LogP contribution is 2.27. The standard InChI is InChI=1S/C20H17N5O/c21-8-6-14-12-25(13-14)16-7-10-22-18(11-16)20(26)24-17-5-1-3-15-4-2-9-23-19(15)17/h1-5,7,9-11,14H,6,12-13H2,(H,24,26). The summed E-state index contributed by atoms with van der Waals surface area (Å²) >= 11 is 0. The molecule has 1 saturated heterocycles. The van der Waals surface area contributed by atoms with Crippen LogP contribution in [-0.4, -0.2) is 29.0 Å². The summed E-state index contributed by atoms with van der Waals surface area (Å²) in [5, 5.41) is 12.6. The molecule has 0 bridgehead atoms. The van der Waals surface area contributed by atoms with Crippen LogP contribution in [0.15, 0.2) is 54.9 Å². The molecule has 6 nitrogen and oxygen atoms in total. The van der Waals surface area contributed by atoms with E-state index in [-0.39, 0.29) is 5.91 Å². The molecule has 1 aliphatic rings. The van der Waals surface area contributed by atoms with Gasteiger partial charge in [0.15, 0.2) is 0 Å². The lowest BCUT2D eigenvalue weighted by Gasteiger charge is -2.40. The predicted molar refractivity (Wildman–Crippen MR) is 99.9 cm³/mol. The molecule has 2 aromatic heterocycles. The first-order valence-corrected chi connectivity index (χ1v) is 8.47. The third kappa shape index (κ3) is 3.07. The molecule has 26 heavy (non-hydrogen) atoms. The minimum atomic E-state index is -0.265. The largest absolute Gasteiger partial charge is 0.371 e. The Morgan fingerprint density at radius 1 is 1.19 bits per heavy atom. The molecule has 1 fully saturated rings. The summed E-state index contributed by atoms with van der Waals surface area (Å²) < 4.78 is 0. The smallest absolute Gasteiger partial charge is 0.274 e. The van der Waals surface area contributed by atoms with Crippen LogP contribution in [0.25, 0.3) is 10.9 Å². The second-order valence-corrected chi connectivity index (χ2v) is 6.37. The topological polar surface area (TPSA) is 81.9 Å². The summed E-state index contributed by atoms with van der Waals surface area (Å²) in [6.45, 7) is 1.68. The predicted octanol–water partition coefficient (Wildman–Crippen LogP) is 3.23. The van der Waals surface area contributed by atoms with E-state index in [9.17, 15) is 4.79 Å². The van der Waals surface area contributed by atoms with Gasteiger partial charge in [0.05, 0.1) is 17.3 Å². The number of nitriles is 1. The van der Waals surface area contributed by atoms with E-state index in [2.05, 4.69) is 26.3 Å². The van der Waals surface area contributed by atoms with Gasteiger partial charge in [-0.05, 0) is 24.3 Å². The average molecular weight is 343 g/mol. The Bertz CT molecular complexity index is 999. The third-order valence-electron chi connectivity index (χ3n) is 4.56. The Hall–Kier alpha value is -3.46. The van der Waals surface area contributed by atoms with Crippen LogP contribution in [0.2, 0.25) is 0 Å². The number of amides is 1. The quantitative estimate of drug-likeness (QED) is 0.786. The molecule has 1 amide bonds. The van der Waals surface area contributed by atoms with E-state index in [0.29, 0.717) is 23.7 Å². The Morgan fingerprint density at radius 2 is 2.04 bits per heavy atom. The highest BCUT2D eigenvalue weighted by molar-refractivity contribution is 6.07. The van der Waals surface area contributed by atoms with Crippen LogP contribution in [0.1, 0.15) is 16.9 Å². The SMILES string of the molecule is N#CCC1CN(c2ccnc(C(=O)Nc3cccc4cccnc34)c2)C1. The fourth-order valence-corrected chi connectivity index (χ4v) is 3.17. The summed E-state index contributed by atoms with van der Waals surface area (Å²) in [6.07, 6.45) is 3.92. The molecule has 4 rings (SSSR count). The molecular formula is C20H17N5O. The minimum absolute atomic E-state index is 0.265. The Labute approximate surface area is 151 Å². The lowest BCUT2D eigenvalue weighted by atomic mass is 9.96. The maximum Gasteiger partial charge on any atom is 0.274 e. The monoisotopic (exact) mass is 343 g/mol. The number of pyridine rings is 2. The molecule has 0 spiro atoms. The normalized spacial score (nSPS) is 13.9. The number of nitrogens with zero attached hydrogens (tertiary/aromatic N) is 4. The first-order valence-electron chi connectivity index (χ1n) is 8.47. The zero-order chi connectivity index (χ0) is 17.9. The van der Waals surface area contributed by atoms with Crippen LogP contribution in [0.3, 0.4) is 0 Å². The van der Waals surface area contributed by atoms with Gasteiger partial charge in [0.1, 0.15) is 5.69 Å². The molecule has 128 valence electrons. The van der Waals surface area contributed by atoms with Gasteiger partial charge < -0.3 is 10.2 Å². The molecule has 3 aromatic rings. The summed E-state index contributed by atoms with van der Waals surface area (Å²) in [4.78, 5) is 23.3. The molecule has 0 radical (unpaired) electrons. The molecule has 6 heteroatoms. The van der Waals surface area contributed by atoms with Gasteiger partial charge in [-0.15, -0.1) is 0 Å². The molecule has 1 aromatic carbocycles. The maximum absolute atomic E-state index is 12.6. The molecule has 0 aliphatic carbocycles. The fourth-order valence-electron chi connectivity index (χ4n) is 3.17. The van der Waals surface area contributed by atoms with Gasteiger partial charge in [0.2, 0.25) is 0 Å². The van der Waals surface area contributed by atoms with Crippen LogP contribution < -0.4 is 10.2 Å². The van der Waals surface area contributed by atoms with Gasteiger partial charge in [-0.1, -0.05) is 18.2 Å². The van der Waals surface area contributed by atoms with Crippen LogP contribution in [0.4, 0.5) is 11.4 Å². The fraction of sp³-hybridized carbons (Fsp3) is 0.200. The summed E-state index contributed by atoms with van der Waals surface area (Å²) in [5.74, 6) is 0.145. The minimum Gasteiger partial charge on any atom is -0.371 e. The van der Waals surface area contributed by atoms with Crippen LogP contribution >= 0.6 is 0 Å². The Balaban J connectivity index is 1.52. The van der Waals surface area contributed by atoms with Crippen molar-refractivity contribution in [3.63, 3.8) is 0 Å². The van der Waals surface area contributed by atoms with E-state index in [0.717, 1.165) is 29.7 Å². The van der Waals surface area contributed by atoms with E-state index in [4.69, 9.17) is 5.26 Å². The van der Waals surface area contributed by atoms with Crippen molar-refractivity contribution >= 4 is 28.2 Å². The van der Waals surface area contributed by atoms with E-state index >= 15 is 0 Å². The first kappa shape index (κ1) is 16.0. The lowest BCUT2D eigenvalue weighted by molar-refractivity contribution is 0.102. The van der Waals surface area contributed by atoms with Gasteiger partial charge in [-0.3, -0.25) is 14.8 Å². The highest BCUT2D eigenvalue weighted by atomic mass is 16.1. The number of hydrogen-bond donors (Lipinski definition) is 1. The van der Waals surface area contributed by atoms with Gasteiger partial charge in [0.25, 0.3) is 5.91 Å². The average Bonchev–Trinajstić information content (AvgIpc) is 2.65. The first-order chi connectivity index (χ1) is 12.7. The van der Waals surface area contributed by atoms with Crippen LogP contribution in [0.5, 0.6) is 0 Å². The molecule has 1 aliphatic heterocycles. The zero-order valence-electron chi connectivity index (χ0n) is 14.1.